The Bertz CT molecular complexity index is 2370. The number of imide groups is 2. The Hall–Kier alpha value is -5.78. The second-order valence-corrected chi connectivity index (χ2v) is 16.1. The van der Waals surface area contributed by atoms with Crippen LogP contribution in [0.3, 0.4) is 0 Å². The summed E-state index contributed by atoms with van der Waals surface area (Å²) in [5.41, 5.74) is -0.464. The molecule has 4 aromatic carbocycles. The van der Waals surface area contributed by atoms with Gasteiger partial charge in [0.2, 0.25) is 0 Å². The number of nitrogens with zero attached hydrogens (tertiary/aromatic N) is 2. The molecule has 0 unspecified atom stereocenters. The number of ether oxygens (including phenoxy) is 2. The fraction of sp³-hybridized carbons (Fsp3) is 0.200. The van der Waals surface area contributed by atoms with Crippen LogP contribution in [0.1, 0.15) is 66.4 Å². The van der Waals surface area contributed by atoms with Gasteiger partial charge in [0, 0.05) is 5.41 Å². The molecular formula is C35H26F4N2O14S2. The molecule has 0 fully saturated rings. The molecule has 2 N–H and O–H groups in total. The summed E-state index contributed by atoms with van der Waals surface area (Å²) >= 11 is 0. The van der Waals surface area contributed by atoms with Crippen molar-refractivity contribution in [2.75, 3.05) is 13.2 Å². The fourth-order valence-corrected chi connectivity index (χ4v) is 6.64. The number of aliphatic hydroxyl groups excluding tert-OH is 2. The van der Waals surface area contributed by atoms with Gasteiger partial charge in [-0.1, -0.05) is 38.1 Å². The van der Waals surface area contributed by atoms with E-state index in [4.69, 9.17) is 19.7 Å². The standard InChI is InChI=1S/C35H26F4N2O14S2/c1-33(2,19-3-7-21(8-4-19)52-23-11-13-25-27(15-23)31(46)40(29(25)44)54-56(48,49)34(36,37)17-42)20-5-9-22(10-6-20)53-24-12-14-26-28(16-24)32(47)41(30(26)45)55-57(50,51)35(38,39)18-43/h3-16,42-43H,17-18H2,1-2H3. The lowest BCUT2D eigenvalue weighted by atomic mass is 9.78. The molecule has 0 bridgehead atoms. The van der Waals surface area contributed by atoms with Crippen LogP contribution in [0.4, 0.5) is 17.6 Å². The molecule has 0 spiro atoms. The third kappa shape index (κ3) is 7.33. The van der Waals surface area contributed by atoms with E-state index in [1.165, 1.54) is 12.1 Å². The summed E-state index contributed by atoms with van der Waals surface area (Å²) in [4.78, 5) is 50.5. The van der Waals surface area contributed by atoms with Crippen LogP contribution in [0.25, 0.3) is 0 Å². The number of carbonyl (C=O) groups is 4. The number of hydrogen-bond donors (Lipinski definition) is 2. The zero-order chi connectivity index (χ0) is 41.9. The van der Waals surface area contributed by atoms with Crippen molar-refractivity contribution in [1.82, 2.24) is 10.1 Å². The minimum Gasteiger partial charge on any atom is -0.457 e. The summed E-state index contributed by atoms with van der Waals surface area (Å²) in [6.07, 6.45) is 0. The number of aliphatic hydroxyl groups is 2. The molecule has 57 heavy (non-hydrogen) atoms. The molecule has 2 aliphatic heterocycles. The highest BCUT2D eigenvalue weighted by atomic mass is 32.2. The summed E-state index contributed by atoms with van der Waals surface area (Å²) in [5.74, 6) is -4.73. The molecule has 0 saturated heterocycles. The molecule has 4 amide bonds. The van der Waals surface area contributed by atoms with Gasteiger partial charge in [0.25, 0.3) is 23.6 Å². The van der Waals surface area contributed by atoms with Gasteiger partial charge in [-0.3, -0.25) is 19.2 Å². The minimum absolute atomic E-state index is 0.0311. The fourth-order valence-electron chi connectivity index (χ4n) is 5.44. The number of hydrogen-bond acceptors (Lipinski definition) is 14. The van der Waals surface area contributed by atoms with Crippen molar-refractivity contribution in [3.8, 4) is 23.0 Å². The van der Waals surface area contributed by atoms with Gasteiger partial charge in [0.05, 0.1) is 22.3 Å². The number of hydroxylamine groups is 4. The van der Waals surface area contributed by atoms with E-state index >= 15 is 0 Å². The summed E-state index contributed by atoms with van der Waals surface area (Å²) in [6, 6.07) is 20.4. The van der Waals surface area contributed by atoms with Gasteiger partial charge in [-0.2, -0.15) is 34.4 Å². The van der Waals surface area contributed by atoms with Crippen LogP contribution in [0.15, 0.2) is 84.9 Å². The Morgan fingerprint density at radius 3 is 1.12 bits per heavy atom. The Morgan fingerprint density at radius 2 is 0.807 bits per heavy atom. The first-order valence-electron chi connectivity index (χ1n) is 16.0. The monoisotopic (exact) mass is 838 g/mol. The average Bonchev–Trinajstić information content (AvgIpc) is 3.53. The molecule has 0 saturated carbocycles. The van der Waals surface area contributed by atoms with Crippen molar-refractivity contribution >= 4 is 43.9 Å². The SMILES string of the molecule is CC(C)(c1ccc(Oc2ccc3c(c2)C(=O)N(OS(=O)(=O)C(F)(F)CO)C3=O)cc1)c1ccc(Oc2ccc3c(c2)C(=O)N(OS(=O)(=O)C(F)(F)CO)C3=O)cc1. The molecule has 2 aliphatic rings. The molecule has 0 aliphatic carbocycles. The van der Waals surface area contributed by atoms with Crippen molar-refractivity contribution in [2.24, 2.45) is 0 Å². The Kier molecular flexibility index (Phi) is 10.3. The third-order valence-electron chi connectivity index (χ3n) is 8.71. The van der Waals surface area contributed by atoms with Gasteiger partial charge >= 0.3 is 30.7 Å². The van der Waals surface area contributed by atoms with Gasteiger partial charge in [-0.15, -0.1) is 18.7 Å². The first-order valence-corrected chi connectivity index (χ1v) is 18.8. The zero-order valence-electron chi connectivity index (χ0n) is 29.0. The van der Waals surface area contributed by atoms with E-state index in [9.17, 15) is 53.6 Å². The van der Waals surface area contributed by atoms with Gasteiger partial charge in [-0.25, -0.2) is 0 Å². The van der Waals surface area contributed by atoms with Crippen LogP contribution in [0.2, 0.25) is 0 Å². The minimum atomic E-state index is -5.90. The number of carbonyl (C=O) groups excluding carboxylic acids is 4. The highest BCUT2D eigenvalue weighted by molar-refractivity contribution is 7.88. The van der Waals surface area contributed by atoms with E-state index < -0.39 is 73.0 Å². The number of alkyl halides is 4. The molecule has 22 heteroatoms. The normalized spacial score (nSPS) is 14.9. The van der Waals surface area contributed by atoms with E-state index in [-0.39, 0.29) is 55.4 Å². The van der Waals surface area contributed by atoms with Crippen LogP contribution >= 0.6 is 0 Å². The predicted molar refractivity (Wildman–Crippen MR) is 183 cm³/mol. The third-order valence-corrected chi connectivity index (χ3v) is 11.1. The maximum atomic E-state index is 13.6. The lowest BCUT2D eigenvalue weighted by Gasteiger charge is -2.26. The number of rotatable bonds is 14. The summed E-state index contributed by atoms with van der Waals surface area (Å²) < 4.78 is 121. The first-order chi connectivity index (χ1) is 26.5. The molecular weight excluding hydrogens is 813 g/mol. The van der Waals surface area contributed by atoms with E-state index in [1.807, 2.05) is 13.8 Å². The first kappa shape index (κ1) is 40.9. The second-order valence-electron chi connectivity index (χ2n) is 12.8. The van der Waals surface area contributed by atoms with E-state index in [0.717, 1.165) is 35.4 Å². The second kappa shape index (κ2) is 14.3. The molecule has 6 rings (SSSR count). The quantitative estimate of drug-likeness (QED) is 0.132. The number of fused-ring (bicyclic) bond motifs is 2. The van der Waals surface area contributed by atoms with E-state index in [2.05, 4.69) is 8.57 Å². The van der Waals surface area contributed by atoms with Crippen LogP contribution in [0, 0.1) is 0 Å². The van der Waals surface area contributed by atoms with E-state index in [1.54, 1.807) is 48.5 Å². The molecule has 4 aromatic rings. The molecule has 2 heterocycles. The lowest BCUT2D eigenvalue weighted by Crippen LogP contribution is -2.41. The summed E-state index contributed by atoms with van der Waals surface area (Å²) in [6.45, 7) is -0.463. The van der Waals surface area contributed by atoms with Crippen molar-refractivity contribution in [2.45, 2.75) is 29.8 Å². The van der Waals surface area contributed by atoms with Gasteiger partial charge in [0.1, 0.15) is 36.2 Å². The highest BCUT2D eigenvalue weighted by Crippen LogP contribution is 2.37. The number of halogens is 4. The zero-order valence-corrected chi connectivity index (χ0v) is 30.6. The number of benzene rings is 4. The average molecular weight is 839 g/mol. The molecule has 0 atom stereocenters. The molecule has 300 valence electrons. The summed E-state index contributed by atoms with van der Waals surface area (Å²) in [5, 5.41) is 7.08. The Morgan fingerprint density at radius 1 is 0.509 bits per heavy atom. The number of amides is 4. The van der Waals surface area contributed by atoms with E-state index in [0.29, 0.717) is 0 Å². The van der Waals surface area contributed by atoms with Gasteiger partial charge in [-0.05, 0) is 71.8 Å². The molecule has 16 nitrogen and oxygen atoms in total. The Labute approximate surface area is 319 Å². The molecule has 0 radical (unpaired) electrons. The maximum Gasteiger partial charge on any atom is 0.394 e. The maximum absolute atomic E-state index is 13.6. The van der Waals surface area contributed by atoms with Crippen LogP contribution in [0.5, 0.6) is 23.0 Å². The molecule has 0 aromatic heterocycles. The van der Waals surface area contributed by atoms with Crippen LogP contribution in [-0.4, -0.2) is 84.5 Å². The van der Waals surface area contributed by atoms with Gasteiger partial charge in [0.15, 0.2) is 0 Å². The van der Waals surface area contributed by atoms with Crippen LogP contribution in [-0.2, 0) is 34.2 Å². The smallest absolute Gasteiger partial charge is 0.394 e. The topological polar surface area (TPSA) is 220 Å². The van der Waals surface area contributed by atoms with Crippen molar-refractivity contribution in [3.05, 3.63) is 118 Å². The lowest BCUT2D eigenvalue weighted by molar-refractivity contribution is -0.0355. The van der Waals surface area contributed by atoms with Gasteiger partial charge < -0.3 is 19.7 Å². The summed E-state index contributed by atoms with van der Waals surface area (Å²) in [7, 11) is -11.8. The van der Waals surface area contributed by atoms with Crippen molar-refractivity contribution in [3.63, 3.8) is 0 Å². The Balaban J connectivity index is 1.11. The van der Waals surface area contributed by atoms with Crippen molar-refractivity contribution in [1.29, 1.82) is 0 Å². The van der Waals surface area contributed by atoms with Crippen molar-refractivity contribution < 1.29 is 81.8 Å². The largest absolute Gasteiger partial charge is 0.457 e. The van der Waals surface area contributed by atoms with Crippen LogP contribution < -0.4 is 9.47 Å². The highest BCUT2D eigenvalue weighted by Gasteiger charge is 2.52. The predicted octanol–water partition coefficient (Wildman–Crippen LogP) is 4.48.